The van der Waals surface area contributed by atoms with E-state index < -0.39 is 29.4 Å². The predicted octanol–water partition coefficient (Wildman–Crippen LogP) is 3.56. The van der Waals surface area contributed by atoms with Gasteiger partial charge in [-0.25, -0.2) is 4.79 Å². The van der Waals surface area contributed by atoms with E-state index >= 15 is 0 Å². The van der Waals surface area contributed by atoms with Crippen LogP contribution in [0.5, 0.6) is 11.5 Å². The van der Waals surface area contributed by atoms with Gasteiger partial charge in [0, 0.05) is 12.0 Å². The number of esters is 1. The summed E-state index contributed by atoms with van der Waals surface area (Å²) < 4.78 is 21.8. The van der Waals surface area contributed by atoms with Crippen LogP contribution in [0.25, 0.3) is 0 Å². The number of allylic oxidation sites excluding steroid dienone is 3. The van der Waals surface area contributed by atoms with Gasteiger partial charge in [-0.2, -0.15) is 0 Å². The second-order valence-electron chi connectivity index (χ2n) is 7.51. The van der Waals surface area contributed by atoms with E-state index in [9.17, 15) is 14.7 Å². The summed E-state index contributed by atoms with van der Waals surface area (Å²) in [5.41, 5.74) is -0.740. The number of halogens is 1. The zero-order valence-electron chi connectivity index (χ0n) is 18.0. The minimum atomic E-state index is -1.80. The molecule has 1 N–H and O–H groups in total. The highest BCUT2D eigenvalue weighted by Crippen LogP contribution is 2.40. The van der Waals surface area contributed by atoms with Gasteiger partial charge in [0.25, 0.3) is 0 Å². The summed E-state index contributed by atoms with van der Waals surface area (Å²) in [6, 6.07) is 1.47. The number of aliphatic hydroxyl groups is 1. The van der Waals surface area contributed by atoms with Gasteiger partial charge in [0.15, 0.2) is 5.60 Å². The number of carbonyl (C=O) groups excluding carboxylic acids is 2. The molecule has 0 radical (unpaired) electrons. The highest BCUT2D eigenvalue weighted by molar-refractivity contribution is 6.33. The highest BCUT2D eigenvalue weighted by Gasteiger charge is 2.52. The molecule has 3 atom stereocenters. The maximum Gasteiger partial charge on any atom is 0.343 e. The smallest absolute Gasteiger partial charge is 0.343 e. The Morgan fingerprint density at radius 3 is 2.58 bits per heavy atom. The number of methoxy groups -OCH3 is 2. The third-order valence-electron chi connectivity index (χ3n) is 5.61. The molecular weight excluding hydrogens is 424 g/mol. The van der Waals surface area contributed by atoms with Crippen molar-refractivity contribution < 1.29 is 33.6 Å². The van der Waals surface area contributed by atoms with Crippen molar-refractivity contribution in [3.8, 4) is 11.5 Å². The number of benzene rings is 1. The fourth-order valence-corrected chi connectivity index (χ4v) is 3.98. The molecule has 0 amide bonds. The molecule has 166 valence electrons. The molecule has 31 heavy (non-hydrogen) atoms. The van der Waals surface area contributed by atoms with Gasteiger partial charge in [-0.1, -0.05) is 17.7 Å². The van der Waals surface area contributed by atoms with Crippen molar-refractivity contribution in [2.75, 3.05) is 20.8 Å². The van der Waals surface area contributed by atoms with Crippen LogP contribution in [0.3, 0.4) is 0 Å². The summed E-state index contributed by atoms with van der Waals surface area (Å²) >= 11 is 6.29. The topological polar surface area (TPSA) is 91.3 Å². The maximum absolute atomic E-state index is 13.1. The van der Waals surface area contributed by atoms with Gasteiger partial charge in [0.2, 0.25) is 5.78 Å². The lowest BCUT2D eigenvalue weighted by atomic mass is 9.74. The van der Waals surface area contributed by atoms with Crippen molar-refractivity contribution >= 4 is 23.4 Å². The molecule has 0 saturated carbocycles. The van der Waals surface area contributed by atoms with Crippen LogP contribution in [0.1, 0.15) is 29.8 Å². The van der Waals surface area contributed by atoms with E-state index in [1.54, 1.807) is 19.1 Å². The Morgan fingerprint density at radius 1 is 1.29 bits per heavy atom. The number of aliphatic hydroxyl groups excluding tert-OH is 1. The summed E-state index contributed by atoms with van der Waals surface area (Å²) in [7, 11) is 2.84. The van der Waals surface area contributed by atoms with Gasteiger partial charge in [-0.05, 0) is 50.1 Å². The van der Waals surface area contributed by atoms with Crippen LogP contribution in [0, 0.1) is 12.8 Å². The molecule has 0 spiro atoms. The number of ether oxygens (including phenoxy) is 4. The molecule has 1 aromatic rings. The summed E-state index contributed by atoms with van der Waals surface area (Å²) in [6.45, 7) is 5.01. The van der Waals surface area contributed by atoms with Crippen molar-refractivity contribution in [3.05, 3.63) is 57.9 Å². The van der Waals surface area contributed by atoms with E-state index in [-0.39, 0.29) is 22.9 Å². The number of carbonyl (C=O) groups is 2. The molecule has 0 aromatic heterocycles. The molecule has 2 aliphatic rings. The molecule has 1 aliphatic heterocycles. The fraction of sp³-hybridized carbons (Fsp3) is 0.391. The van der Waals surface area contributed by atoms with Crippen molar-refractivity contribution in [1.82, 2.24) is 0 Å². The van der Waals surface area contributed by atoms with Crippen LogP contribution in [-0.2, 0) is 14.3 Å². The standard InChI is InChI=1S/C23H25ClO7/c1-6-7-14-8-13-9-18(25)23(3,21(26)15(13)11-30-14)31-22(27)19-12(2)20(24)17(29-5)10-16(19)28-4/h6-10,15,21,26H,11H2,1-5H3. The van der Waals surface area contributed by atoms with Crippen LogP contribution < -0.4 is 9.47 Å². The Kier molecular flexibility index (Phi) is 6.48. The average Bonchev–Trinajstić information content (AvgIpc) is 2.74. The second-order valence-corrected chi connectivity index (χ2v) is 7.89. The van der Waals surface area contributed by atoms with Gasteiger partial charge >= 0.3 is 5.97 Å². The molecule has 1 aliphatic carbocycles. The minimum Gasteiger partial charge on any atom is -0.496 e. The van der Waals surface area contributed by atoms with Gasteiger partial charge in [0.05, 0.1) is 25.8 Å². The average molecular weight is 449 g/mol. The van der Waals surface area contributed by atoms with Crippen molar-refractivity contribution in [2.45, 2.75) is 32.5 Å². The normalized spacial score (nSPS) is 25.3. The van der Waals surface area contributed by atoms with E-state index in [4.69, 9.17) is 30.5 Å². The lowest BCUT2D eigenvalue weighted by Crippen LogP contribution is -2.57. The number of rotatable bonds is 5. The Labute approximate surface area is 185 Å². The molecule has 7 nitrogen and oxygen atoms in total. The summed E-state index contributed by atoms with van der Waals surface area (Å²) in [6.07, 6.45) is 5.38. The van der Waals surface area contributed by atoms with Crippen LogP contribution in [0.2, 0.25) is 5.02 Å². The third-order valence-corrected chi connectivity index (χ3v) is 6.08. The summed E-state index contributed by atoms with van der Waals surface area (Å²) in [5.74, 6) is -0.767. The number of fused-ring (bicyclic) bond motifs is 1. The first-order valence-corrected chi connectivity index (χ1v) is 10.1. The van der Waals surface area contributed by atoms with E-state index in [0.717, 1.165) is 0 Å². The van der Waals surface area contributed by atoms with Crippen molar-refractivity contribution in [2.24, 2.45) is 5.92 Å². The number of hydrogen-bond acceptors (Lipinski definition) is 7. The quantitative estimate of drug-likeness (QED) is 0.688. The monoisotopic (exact) mass is 448 g/mol. The van der Waals surface area contributed by atoms with Gasteiger partial charge in [-0.3, -0.25) is 4.79 Å². The van der Waals surface area contributed by atoms with E-state index in [1.807, 2.05) is 13.0 Å². The first-order valence-electron chi connectivity index (χ1n) is 9.73. The van der Waals surface area contributed by atoms with Crippen LogP contribution in [-0.4, -0.2) is 49.4 Å². The van der Waals surface area contributed by atoms with Gasteiger partial charge in [0.1, 0.15) is 28.9 Å². The summed E-state index contributed by atoms with van der Waals surface area (Å²) in [4.78, 5) is 26.1. The largest absolute Gasteiger partial charge is 0.496 e. The zero-order valence-corrected chi connectivity index (χ0v) is 18.8. The Bertz CT molecular complexity index is 1010. The second kappa shape index (κ2) is 8.77. The van der Waals surface area contributed by atoms with Crippen LogP contribution >= 0.6 is 11.6 Å². The van der Waals surface area contributed by atoms with Gasteiger partial charge in [-0.15, -0.1) is 0 Å². The summed E-state index contributed by atoms with van der Waals surface area (Å²) in [5, 5.41) is 11.2. The highest BCUT2D eigenvalue weighted by atomic mass is 35.5. The predicted molar refractivity (Wildman–Crippen MR) is 115 cm³/mol. The maximum atomic E-state index is 13.1. The molecule has 0 saturated heterocycles. The van der Waals surface area contributed by atoms with E-state index in [2.05, 4.69) is 0 Å². The first-order chi connectivity index (χ1) is 14.7. The molecule has 3 unspecified atom stereocenters. The molecule has 3 rings (SSSR count). The Balaban J connectivity index is 1.97. The molecular formula is C23H25ClO7. The molecule has 0 fully saturated rings. The number of hydrogen-bond donors (Lipinski definition) is 1. The molecule has 8 heteroatoms. The van der Waals surface area contributed by atoms with E-state index in [0.29, 0.717) is 22.6 Å². The van der Waals surface area contributed by atoms with Gasteiger partial charge < -0.3 is 24.1 Å². The SMILES string of the molecule is CC=CC1=CC2=CC(=O)C(C)(OC(=O)c3c(OC)cc(OC)c(Cl)c3C)C(O)C2CO1. The van der Waals surface area contributed by atoms with Crippen molar-refractivity contribution in [3.63, 3.8) is 0 Å². The van der Waals surface area contributed by atoms with Crippen LogP contribution in [0.15, 0.2) is 41.7 Å². The fourth-order valence-electron chi connectivity index (χ4n) is 3.75. The molecule has 1 heterocycles. The first kappa shape index (κ1) is 22.9. The molecule has 1 aromatic carbocycles. The lowest BCUT2D eigenvalue weighted by Gasteiger charge is -2.41. The minimum absolute atomic E-state index is 0.0551. The van der Waals surface area contributed by atoms with E-state index in [1.165, 1.54) is 33.3 Å². The number of ketones is 1. The Hall–Kier alpha value is -2.77. The third kappa shape index (κ3) is 3.95. The van der Waals surface area contributed by atoms with Crippen LogP contribution in [0.4, 0.5) is 0 Å². The Morgan fingerprint density at radius 2 is 1.97 bits per heavy atom. The van der Waals surface area contributed by atoms with Crippen molar-refractivity contribution in [1.29, 1.82) is 0 Å². The molecule has 0 bridgehead atoms. The zero-order chi connectivity index (χ0) is 22.9. The lowest BCUT2D eigenvalue weighted by molar-refractivity contribution is -0.152.